The molecule has 0 fully saturated rings. The van der Waals surface area contributed by atoms with Gasteiger partial charge in [-0.2, -0.15) is 0 Å². The standard InChI is InChI=1S/C20H18N2O4/c23-19(21-11-13-25-17-8-2-1-3-9-17)15-6-4-7-16(14-15)22-20(24)18-10-5-12-26-18/h1-10,12,14H,11,13H2,(H,21,23)(H,22,24). The number of rotatable bonds is 7. The van der Waals surface area contributed by atoms with E-state index in [0.29, 0.717) is 24.4 Å². The molecular weight excluding hydrogens is 332 g/mol. The van der Waals surface area contributed by atoms with Crippen molar-refractivity contribution < 1.29 is 18.7 Å². The van der Waals surface area contributed by atoms with Crippen LogP contribution in [0.4, 0.5) is 5.69 Å². The Morgan fingerprint density at radius 3 is 2.54 bits per heavy atom. The molecular formula is C20H18N2O4. The van der Waals surface area contributed by atoms with Gasteiger partial charge in [0, 0.05) is 11.3 Å². The van der Waals surface area contributed by atoms with Crippen LogP contribution < -0.4 is 15.4 Å². The summed E-state index contributed by atoms with van der Waals surface area (Å²) in [6.45, 7) is 0.737. The van der Waals surface area contributed by atoms with Crippen molar-refractivity contribution in [2.24, 2.45) is 0 Å². The Morgan fingerprint density at radius 2 is 1.77 bits per heavy atom. The Bertz CT molecular complexity index is 861. The third-order valence-corrected chi connectivity index (χ3v) is 3.53. The Kier molecular flexibility index (Phi) is 5.67. The zero-order valence-corrected chi connectivity index (χ0v) is 14.0. The van der Waals surface area contributed by atoms with Crippen LogP contribution in [0, 0.1) is 0 Å². The average Bonchev–Trinajstić information content (AvgIpc) is 3.21. The number of amides is 2. The van der Waals surface area contributed by atoms with E-state index >= 15 is 0 Å². The van der Waals surface area contributed by atoms with Crippen LogP contribution >= 0.6 is 0 Å². The smallest absolute Gasteiger partial charge is 0.291 e. The third kappa shape index (κ3) is 4.73. The highest BCUT2D eigenvalue weighted by molar-refractivity contribution is 6.03. The van der Waals surface area contributed by atoms with Crippen LogP contribution in [-0.2, 0) is 0 Å². The van der Waals surface area contributed by atoms with Gasteiger partial charge in [0.2, 0.25) is 0 Å². The SMILES string of the molecule is O=C(NCCOc1ccccc1)c1cccc(NC(=O)c2ccco2)c1. The summed E-state index contributed by atoms with van der Waals surface area (Å²) in [6.07, 6.45) is 1.43. The number of anilines is 1. The molecule has 0 aliphatic rings. The number of ether oxygens (including phenoxy) is 1. The minimum atomic E-state index is -0.371. The summed E-state index contributed by atoms with van der Waals surface area (Å²) in [4.78, 5) is 24.2. The maximum Gasteiger partial charge on any atom is 0.291 e. The molecule has 1 aromatic heterocycles. The normalized spacial score (nSPS) is 10.2. The molecule has 0 atom stereocenters. The highest BCUT2D eigenvalue weighted by Crippen LogP contribution is 2.13. The Balaban J connectivity index is 1.50. The highest BCUT2D eigenvalue weighted by atomic mass is 16.5. The van der Waals surface area contributed by atoms with E-state index in [-0.39, 0.29) is 17.6 Å². The first-order valence-corrected chi connectivity index (χ1v) is 8.13. The van der Waals surface area contributed by atoms with Crippen LogP contribution in [-0.4, -0.2) is 25.0 Å². The van der Waals surface area contributed by atoms with Crippen LogP contribution in [0.1, 0.15) is 20.9 Å². The van der Waals surface area contributed by atoms with E-state index < -0.39 is 0 Å². The van der Waals surface area contributed by atoms with Crippen molar-refractivity contribution in [3.63, 3.8) is 0 Å². The lowest BCUT2D eigenvalue weighted by Crippen LogP contribution is -2.28. The van der Waals surface area contributed by atoms with E-state index in [2.05, 4.69) is 10.6 Å². The molecule has 0 aliphatic carbocycles. The maximum absolute atomic E-state index is 12.2. The van der Waals surface area contributed by atoms with Crippen molar-refractivity contribution >= 4 is 17.5 Å². The van der Waals surface area contributed by atoms with Crippen molar-refractivity contribution in [3.8, 4) is 5.75 Å². The lowest BCUT2D eigenvalue weighted by molar-refractivity contribution is 0.0945. The molecule has 0 saturated heterocycles. The predicted molar refractivity (Wildman–Crippen MR) is 97.4 cm³/mol. The molecule has 1 heterocycles. The lowest BCUT2D eigenvalue weighted by Gasteiger charge is -2.09. The van der Waals surface area contributed by atoms with E-state index in [1.807, 2.05) is 30.3 Å². The molecule has 0 spiro atoms. The molecule has 3 aromatic rings. The van der Waals surface area contributed by atoms with E-state index in [0.717, 1.165) is 5.75 Å². The molecule has 2 amide bonds. The largest absolute Gasteiger partial charge is 0.492 e. The molecule has 6 heteroatoms. The predicted octanol–water partition coefficient (Wildman–Crippen LogP) is 3.34. The van der Waals surface area contributed by atoms with Crippen LogP contribution in [0.25, 0.3) is 0 Å². The summed E-state index contributed by atoms with van der Waals surface area (Å²) >= 11 is 0. The van der Waals surface area contributed by atoms with Gasteiger partial charge in [0.25, 0.3) is 11.8 Å². The van der Waals surface area contributed by atoms with Gasteiger partial charge in [0.1, 0.15) is 12.4 Å². The van der Waals surface area contributed by atoms with Crippen LogP contribution in [0.3, 0.4) is 0 Å². The Hall–Kier alpha value is -3.54. The minimum absolute atomic E-state index is 0.206. The fourth-order valence-corrected chi connectivity index (χ4v) is 2.29. The number of para-hydroxylation sites is 1. The zero-order valence-electron chi connectivity index (χ0n) is 14.0. The zero-order chi connectivity index (χ0) is 18.2. The first kappa shape index (κ1) is 17.3. The highest BCUT2D eigenvalue weighted by Gasteiger charge is 2.10. The molecule has 0 radical (unpaired) electrons. The number of carbonyl (C=O) groups excluding carboxylic acids is 2. The second-order valence-corrected chi connectivity index (χ2v) is 5.43. The molecule has 6 nitrogen and oxygen atoms in total. The summed E-state index contributed by atoms with van der Waals surface area (Å²) in [5, 5.41) is 5.47. The quantitative estimate of drug-likeness (QED) is 0.641. The monoisotopic (exact) mass is 350 g/mol. The van der Waals surface area contributed by atoms with Gasteiger partial charge >= 0.3 is 0 Å². The molecule has 0 saturated carbocycles. The third-order valence-electron chi connectivity index (χ3n) is 3.53. The first-order chi connectivity index (χ1) is 12.7. The van der Waals surface area contributed by atoms with E-state index in [1.54, 1.807) is 36.4 Å². The fraction of sp³-hybridized carbons (Fsp3) is 0.100. The summed E-state index contributed by atoms with van der Waals surface area (Å²) in [7, 11) is 0. The summed E-state index contributed by atoms with van der Waals surface area (Å²) in [6, 6.07) is 19.3. The fourth-order valence-electron chi connectivity index (χ4n) is 2.29. The molecule has 0 bridgehead atoms. The number of carbonyl (C=O) groups is 2. The minimum Gasteiger partial charge on any atom is -0.492 e. The van der Waals surface area contributed by atoms with Crippen LogP contribution in [0.15, 0.2) is 77.4 Å². The molecule has 26 heavy (non-hydrogen) atoms. The van der Waals surface area contributed by atoms with Crippen molar-refractivity contribution in [3.05, 3.63) is 84.3 Å². The maximum atomic E-state index is 12.2. The van der Waals surface area contributed by atoms with Gasteiger partial charge in [0.15, 0.2) is 5.76 Å². The lowest BCUT2D eigenvalue weighted by atomic mass is 10.2. The average molecular weight is 350 g/mol. The summed E-state index contributed by atoms with van der Waals surface area (Å²) in [5.41, 5.74) is 0.960. The second-order valence-electron chi connectivity index (χ2n) is 5.43. The number of furan rings is 1. The van der Waals surface area contributed by atoms with E-state index in [9.17, 15) is 9.59 Å². The van der Waals surface area contributed by atoms with Crippen molar-refractivity contribution in [1.29, 1.82) is 0 Å². The first-order valence-electron chi connectivity index (χ1n) is 8.13. The number of nitrogens with one attached hydrogen (secondary N) is 2. The van der Waals surface area contributed by atoms with Gasteiger partial charge < -0.3 is 19.8 Å². The van der Waals surface area contributed by atoms with Gasteiger partial charge in [-0.1, -0.05) is 24.3 Å². The molecule has 2 aromatic carbocycles. The van der Waals surface area contributed by atoms with Gasteiger partial charge in [-0.3, -0.25) is 9.59 Å². The Labute approximate surface area is 150 Å². The summed E-state index contributed by atoms with van der Waals surface area (Å²) < 4.78 is 10.6. The number of hydrogen-bond acceptors (Lipinski definition) is 4. The molecule has 0 unspecified atom stereocenters. The number of hydrogen-bond donors (Lipinski definition) is 2. The van der Waals surface area contributed by atoms with E-state index in [4.69, 9.17) is 9.15 Å². The van der Waals surface area contributed by atoms with Crippen LogP contribution in [0.5, 0.6) is 5.75 Å². The van der Waals surface area contributed by atoms with Crippen molar-refractivity contribution in [2.45, 2.75) is 0 Å². The van der Waals surface area contributed by atoms with Gasteiger partial charge in [-0.25, -0.2) is 0 Å². The second kappa shape index (κ2) is 8.53. The van der Waals surface area contributed by atoms with Crippen molar-refractivity contribution in [1.82, 2.24) is 5.32 Å². The number of benzene rings is 2. The topological polar surface area (TPSA) is 80.6 Å². The van der Waals surface area contributed by atoms with E-state index in [1.165, 1.54) is 6.26 Å². The Morgan fingerprint density at radius 1 is 0.923 bits per heavy atom. The van der Waals surface area contributed by atoms with Gasteiger partial charge in [0.05, 0.1) is 12.8 Å². The molecule has 2 N–H and O–H groups in total. The van der Waals surface area contributed by atoms with Gasteiger partial charge in [-0.05, 0) is 42.5 Å². The van der Waals surface area contributed by atoms with Gasteiger partial charge in [-0.15, -0.1) is 0 Å². The molecule has 3 rings (SSSR count). The molecule has 132 valence electrons. The summed E-state index contributed by atoms with van der Waals surface area (Å²) in [5.74, 6) is 0.349. The van der Waals surface area contributed by atoms with Crippen molar-refractivity contribution in [2.75, 3.05) is 18.5 Å². The van der Waals surface area contributed by atoms with Crippen LogP contribution in [0.2, 0.25) is 0 Å². The molecule has 0 aliphatic heterocycles.